The zero-order valence-electron chi connectivity index (χ0n) is 16.4. The number of hydrogen-bond donors (Lipinski definition) is 1. The van der Waals surface area contributed by atoms with Gasteiger partial charge in [0.2, 0.25) is 0 Å². The highest BCUT2D eigenvalue weighted by Gasteiger charge is 2.35. The molecule has 0 spiro atoms. The molecular weight excluding hydrogens is 364 g/mol. The van der Waals surface area contributed by atoms with E-state index in [-0.39, 0.29) is 0 Å². The second kappa shape index (κ2) is 6.41. The maximum Gasteiger partial charge on any atom is 0.141 e. The van der Waals surface area contributed by atoms with E-state index in [2.05, 4.69) is 54.6 Å². The van der Waals surface area contributed by atoms with E-state index in [9.17, 15) is 5.11 Å². The van der Waals surface area contributed by atoms with E-state index in [0.29, 0.717) is 0 Å². The molecule has 6 aromatic carbocycles. The van der Waals surface area contributed by atoms with Crippen LogP contribution >= 0.6 is 0 Å². The highest BCUT2D eigenvalue weighted by molar-refractivity contribution is 6.23. The van der Waals surface area contributed by atoms with Crippen molar-refractivity contribution in [3.05, 3.63) is 132 Å². The summed E-state index contributed by atoms with van der Waals surface area (Å²) >= 11 is 0. The molecule has 0 bridgehead atoms. The van der Waals surface area contributed by atoms with Crippen molar-refractivity contribution in [2.45, 2.75) is 5.60 Å². The van der Waals surface area contributed by atoms with Crippen LogP contribution in [0.5, 0.6) is 0 Å². The van der Waals surface area contributed by atoms with E-state index in [1.807, 2.05) is 60.7 Å². The Hall–Kier alpha value is -3.68. The molecule has 6 rings (SSSR count). The van der Waals surface area contributed by atoms with Crippen molar-refractivity contribution in [2.75, 3.05) is 0 Å². The van der Waals surface area contributed by atoms with E-state index in [4.69, 9.17) is 0 Å². The third-order valence-electron chi connectivity index (χ3n) is 6.30. The fraction of sp³-hybridized carbons (Fsp3) is 0.0345. The van der Waals surface area contributed by atoms with Gasteiger partial charge in [0, 0.05) is 5.56 Å². The predicted molar refractivity (Wildman–Crippen MR) is 125 cm³/mol. The topological polar surface area (TPSA) is 20.2 Å². The van der Waals surface area contributed by atoms with Crippen molar-refractivity contribution in [1.82, 2.24) is 0 Å². The van der Waals surface area contributed by atoms with Crippen LogP contribution in [0.2, 0.25) is 0 Å². The molecule has 30 heavy (non-hydrogen) atoms. The molecule has 0 saturated carbocycles. The Morgan fingerprint density at radius 1 is 0.433 bits per heavy atom. The molecule has 1 nitrogen and oxygen atoms in total. The minimum Gasteiger partial charge on any atom is -0.376 e. The Morgan fingerprint density at radius 3 is 1.53 bits per heavy atom. The van der Waals surface area contributed by atoms with Crippen molar-refractivity contribution < 1.29 is 5.11 Å². The Morgan fingerprint density at radius 2 is 0.933 bits per heavy atom. The fourth-order valence-corrected chi connectivity index (χ4v) is 4.89. The van der Waals surface area contributed by atoms with Crippen LogP contribution in [0.4, 0.5) is 0 Å². The quantitative estimate of drug-likeness (QED) is 0.261. The lowest BCUT2D eigenvalue weighted by molar-refractivity contribution is 0.127. The van der Waals surface area contributed by atoms with Gasteiger partial charge in [0.05, 0.1) is 0 Å². The standard InChI is InChI=1S/C29H20O/c30-29(23-10-3-1-4-11-23,24-12-5-2-6-13-24)26-19-17-22-15-14-20-8-7-9-21-16-18-25(26)28(22)27(20)21/h1-19,30H. The minimum absolute atomic E-state index is 0.867. The van der Waals surface area contributed by atoms with E-state index >= 15 is 0 Å². The van der Waals surface area contributed by atoms with E-state index in [1.165, 1.54) is 26.9 Å². The smallest absolute Gasteiger partial charge is 0.141 e. The van der Waals surface area contributed by atoms with Gasteiger partial charge < -0.3 is 5.11 Å². The monoisotopic (exact) mass is 384 g/mol. The zero-order valence-corrected chi connectivity index (χ0v) is 16.4. The van der Waals surface area contributed by atoms with Crippen LogP contribution in [0.15, 0.2) is 115 Å². The Kier molecular flexibility index (Phi) is 3.68. The van der Waals surface area contributed by atoms with Crippen molar-refractivity contribution in [3.8, 4) is 0 Å². The Labute approximate surface area is 175 Å². The van der Waals surface area contributed by atoms with Crippen molar-refractivity contribution in [1.29, 1.82) is 0 Å². The fourth-order valence-electron chi connectivity index (χ4n) is 4.89. The first-order valence-electron chi connectivity index (χ1n) is 10.3. The van der Waals surface area contributed by atoms with Crippen molar-refractivity contribution in [2.24, 2.45) is 0 Å². The van der Waals surface area contributed by atoms with Crippen LogP contribution < -0.4 is 0 Å². The van der Waals surface area contributed by atoms with Gasteiger partial charge in [0.15, 0.2) is 0 Å². The summed E-state index contributed by atoms with van der Waals surface area (Å²) in [5, 5.41) is 19.6. The van der Waals surface area contributed by atoms with Gasteiger partial charge in [0.25, 0.3) is 0 Å². The largest absolute Gasteiger partial charge is 0.376 e. The number of rotatable bonds is 3. The van der Waals surface area contributed by atoms with Crippen LogP contribution in [0.25, 0.3) is 32.3 Å². The molecule has 1 heteroatoms. The van der Waals surface area contributed by atoms with E-state index in [1.54, 1.807) is 0 Å². The maximum absolute atomic E-state index is 12.4. The molecule has 0 aliphatic carbocycles. The first kappa shape index (κ1) is 17.2. The summed E-state index contributed by atoms with van der Waals surface area (Å²) in [5.74, 6) is 0. The molecule has 0 aliphatic rings. The maximum atomic E-state index is 12.4. The van der Waals surface area contributed by atoms with Gasteiger partial charge in [-0.15, -0.1) is 0 Å². The molecule has 0 heterocycles. The van der Waals surface area contributed by atoms with Gasteiger partial charge >= 0.3 is 0 Å². The molecule has 0 atom stereocenters. The summed E-state index contributed by atoms with van der Waals surface area (Å²) in [6.07, 6.45) is 0. The average Bonchev–Trinajstić information content (AvgIpc) is 2.83. The van der Waals surface area contributed by atoms with Crippen molar-refractivity contribution >= 4 is 32.3 Å². The average molecular weight is 384 g/mol. The Balaban J connectivity index is 1.77. The number of benzene rings is 6. The predicted octanol–water partition coefficient (Wildman–Crippen LogP) is 6.87. The van der Waals surface area contributed by atoms with E-state index in [0.717, 1.165) is 22.1 Å². The molecule has 0 fully saturated rings. The van der Waals surface area contributed by atoms with Gasteiger partial charge in [-0.2, -0.15) is 0 Å². The second-order valence-electron chi connectivity index (χ2n) is 7.91. The van der Waals surface area contributed by atoms with Crippen LogP contribution in [0, 0.1) is 0 Å². The van der Waals surface area contributed by atoms with Gasteiger partial charge in [-0.3, -0.25) is 0 Å². The van der Waals surface area contributed by atoms with Gasteiger partial charge in [-0.1, -0.05) is 115 Å². The summed E-state index contributed by atoms with van der Waals surface area (Å²) in [4.78, 5) is 0. The van der Waals surface area contributed by atoms with Crippen LogP contribution in [-0.4, -0.2) is 5.11 Å². The zero-order chi connectivity index (χ0) is 20.1. The normalized spacial score (nSPS) is 12.2. The molecular formula is C29H20O. The molecule has 0 aliphatic heterocycles. The van der Waals surface area contributed by atoms with Crippen LogP contribution in [0.1, 0.15) is 16.7 Å². The molecule has 142 valence electrons. The summed E-state index contributed by atoms with van der Waals surface area (Å²) in [7, 11) is 0. The van der Waals surface area contributed by atoms with Crippen LogP contribution in [-0.2, 0) is 5.60 Å². The number of aliphatic hydroxyl groups is 1. The molecule has 0 aromatic heterocycles. The third-order valence-corrected chi connectivity index (χ3v) is 6.30. The molecule has 1 N–H and O–H groups in total. The van der Waals surface area contributed by atoms with Gasteiger partial charge in [-0.25, -0.2) is 0 Å². The molecule has 0 amide bonds. The van der Waals surface area contributed by atoms with E-state index < -0.39 is 5.60 Å². The van der Waals surface area contributed by atoms with Crippen molar-refractivity contribution in [3.63, 3.8) is 0 Å². The molecule has 0 saturated heterocycles. The third kappa shape index (κ3) is 2.33. The first-order chi connectivity index (χ1) is 14.8. The Bertz CT molecular complexity index is 1430. The number of hydrogen-bond acceptors (Lipinski definition) is 1. The highest BCUT2D eigenvalue weighted by Crippen LogP contribution is 2.43. The first-order valence-corrected chi connectivity index (χ1v) is 10.3. The lowest BCUT2D eigenvalue weighted by Gasteiger charge is -2.32. The molecule has 0 unspecified atom stereocenters. The molecule has 0 radical (unpaired) electrons. The van der Waals surface area contributed by atoms with Gasteiger partial charge in [0.1, 0.15) is 5.60 Å². The summed E-state index contributed by atoms with van der Waals surface area (Å²) < 4.78 is 0. The lowest BCUT2D eigenvalue weighted by Crippen LogP contribution is -2.29. The van der Waals surface area contributed by atoms with Gasteiger partial charge in [-0.05, 0) is 43.4 Å². The second-order valence-corrected chi connectivity index (χ2v) is 7.91. The highest BCUT2D eigenvalue weighted by atomic mass is 16.3. The summed E-state index contributed by atoms with van der Waals surface area (Å²) in [6.45, 7) is 0. The summed E-state index contributed by atoms with van der Waals surface area (Å²) in [6, 6.07) is 39.3. The SMILES string of the molecule is OC(c1ccccc1)(c1ccccc1)c1ccc2ccc3cccc4ccc1c2c34. The lowest BCUT2D eigenvalue weighted by atomic mass is 9.77. The molecule has 6 aromatic rings. The van der Waals surface area contributed by atoms with Crippen LogP contribution in [0.3, 0.4) is 0 Å². The minimum atomic E-state index is -1.25. The summed E-state index contributed by atoms with van der Waals surface area (Å²) in [5.41, 5.74) is 1.40.